The first-order valence-electron chi connectivity index (χ1n) is 10.2. The molecule has 1 saturated heterocycles. The normalized spacial score (nSPS) is 17.8. The average molecular weight is 439 g/mol. The Morgan fingerprint density at radius 3 is 2.09 bits per heavy atom. The molecular weight excluding hydrogens is 414 g/mol. The summed E-state index contributed by atoms with van der Waals surface area (Å²) in [6.45, 7) is 1.45. The van der Waals surface area contributed by atoms with E-state index in [2.05, 4.69) is 5.32 Å². The first kappa shape index (κ1) is 23.0. The predicted molar refractivity (Wildman–Crippen MR) is 115 cm³/mol. The summed E-state index contributed by atoms with van der Waals surface area (Å²) in [5.74, 6) is -3.23. The minimum absolute atomic E-state index is 0.129. The molecule has 2 aromatic rings. The Bertz CT molecular complexity index is 982. The number of rotatable bonds is 9. The molecule has 0 bridgehead atoms. The molecule has 1 heterocycles. The molecule has 0 saturated carbocycles. The third-order valence-corrected chi connectivity index (χ3v) is 5.32. The van der Waals surface area contributed by atoms with Gasteiger partial charge >= 0.3 is 18.0 Å². The maximum atomic E-state index is 13.0. The monoisotopic (exact) mass is 439 g/mol. The quantitative estimate of drug-likeness (QED) is 0.541. The Hall–Kier alpha value is -3.72. The molecule has 1 aliphatic heterocycles. The van der Waals surface area contributed by atoms with Crippen LogP contribution in [0.5, 0.6) is 0 Å². The molecule has 0 radical (unpaired) electrons. The van der Waals surface area contributed by atoms with Crippen LogP contribution in [0.2, 0.25) is 0 Å². The van der Waals surface area contributed by atoms with Gasteiger partial charge in [0.15, 0.2) is 6.04 Å². The Balaban J connectivity index is 1.73. The van der Waals surface area contributed by atoms with Crippen LogP contribution in [0.3, 0.4) is 0 Å². The Kier molecular flexibility index (Phi) is 7.21. The zero-order valence-electron chi connectivity index (χ0n) is 17.5. The van der Waals surface area contributed by atoms with Crippen molar-refractivity contribution in [1.29, 1.82) is 0 Å². The average Bonchev–Trinajstić information content (AvgIpc) is 3.10. The third kappa shape index (κ3) is 5.30. The van der Waals surface area contributed by atoms with Gasteiger partial charge in [-0.3, -0.25) is 14.9 Å². The number of aliphatic carboxylic acids is 2. The number of carboxylic acids is 2. The second-order valence-corrected chi connectivity index (χ2v) is 7.68. The first-order chi connectivity index (χ1) is 15.3. The molecule has 0 aromatic heterocycles. The van der Waals surface area contributed by atoms with E-state index in [0.717, 1.165) is 11.1 Å². The number of carbonyl (C=O) groups excluding carboxylic acids is 2. The summed E-state index contributed by atoms with van der Waals surface area (Å²) in [5.41, 5.74) is 1.57. The molecule has 9 nitrogen and oxygen atoms in total. The van der Waals surface area contributed by atoms with Gasteiger partial charge in [0.2, 0.25) is 5.91 Å². The predicted octanol–water partition coefficient (Wildman–Crippen LogP) is 1.58. The smallest absolute Gasteiger partial charge is 0.328 e. The number of hydrogen-bond donors (Lipinski definition) is 3. The number of nitrogens with one attached hydrogen (secondary N) is 1. The van der Waals surface area contributed by atoms with Crippen LogP contribution in [-0.2, 0) is 27.3 Å². The highest BCUT2D eigenvalue weighted by atomic mass is 16.4. The molecule has 32 heavy (non-hydrogen) atoms. The number of benzene rings is 2. The molecular formula is C23H25N3O6. The number of carbonyl (C=O) groups is 4. The second-order valence-electron chi connectivity index (χ2n) is 7.68. The number of urea groups is 1. The summed E-state index contributed by atoms with van der Waals surface area (Å²) in [5, 5.41) is 21.9. The van der Waals surface area contributed by atoms with Crippen LogP contribution in [0.15, 0.2) is 60.7 Å². The lowest BCUT2D eigenvalue weighted by Gasteiger charge is -2.25. The fourth-order valence-corrected chi connectivity index (χ4v) is 3.68. The van der Waals surface area contributed by atoms with Crippen molar-refractivity contribution in [2.75, 3.05) is 6.54 Å². The van der Waals surface area contributed by atoms with Crippen LogP contribution in [0, 0.1) is 0 Å². The lowest BCUT2D eigenvalue weighted by molar-refractivity contribution is -0.147. The van der Waals surface area contributed by atoms with Crippen molar-refractivity contribution in [3.63, 3.8) is 0 Å². The van der Waals surface area contributed by atoms with Crippen molar-refractivity contribution in [3.05, 3.63) is 71.8 Å². The zero-order valence-corrected chi connectivity index (χ0v) is 17.5. The lowest BCUT2D eigenvalue weighted by atomic mass is 10.0. The van der Waals surface area contributed by atoms with E-state index in [1.807, 2.05) is 12.1 Å². The van der Waals surface area contributed by atoms with Crippen LogP contribution in [0.25, 0.3) is 0 Å². The summed E-state index contributed by atoms with van der Waals surface area (Å²) >= 11 is 0. The van der Waals surface area contributed by atoms with Gasteiger partial charge in [-0.2, -0.15) is 0 Å². The Morgan fingerprint density at radius 1 is 1.00 bits per heavy atom. The molecule has 1 aliphatic rings. The van der Waals surface area contributed by atoms with Crippen molar-refractivity contribution >= 4 is 23.9 Å². The maximum absolute atomic E-state index is 13.0. The Morgan fingerprint density at radius 2 is 1.56 bits per heavy atom. The van der Waals surface area contributed by atoms with E-state index in [-0.39, 0.29) is 19.5 Å². The zero-order chi connectivity index (χ0) is 23.3. The summed E-state index contributed by atoms with van der Waals surface area (Å²) in [7, 11) is 0. The number of hydrogen-bond acceptors (Lipinski definition) is 5. The highest BCUT2D eigenvalue weighted by molar-refractivity contribution is 6.02. The van der Waals surface area contributed by atoms with E-state index in [1.54, 1.807) is 48.5 Å². The van der Waals surface area contributed by atoms with Gasteiger partial charge in [-0.05, 0) is 24.5 Å². The molecule has 3 amide bonds. The van der Waals surface area contributed by atoms with Crippen LogP contribution < -0.4 is 5.32 Å². The van der Waals surface area contributed by atoms with Crippen molar-refractivity contribution in [2.45, 2.75) is 38.0 Å². The fourth-order valence-electron chi connectivity index (χ4n) is 3.68. The summed E-state index contributed by atoms with van der Waals surface area (Å²) in [4.78, 5) is 51.4. The fraction of sp³-hybridized carbons (Fsp3) is 0.304. The van der Waals surface area contributed by atoms with Crippen LogP contribution in [0.1, 0.15) is 18.1 Å². The lowest BCUT2D eigenvalue weighted by Crippen LogP contribution is -2.55. The van der Waals surface area contributed by atoms with E-state index in [4.69, 9.17) is 0 Å². The van der Waals surface area contributed by atoms with Gasteiger partial charge in [-0.25, -0.2) is 14.5 Å². The van der Waals surface area contributed by atoms with Crippen LogP contribution in [0.4, 0.5) is 4.79 Å². The third-order valence-electron chi connectivity index (χ3n) is 5.32. The molecule has 0 spiro atoms. The highest BCUT2D eigenvalue weighted by Crippen LogP contribution is 2.20. The van der Waals surface area contributed by atoms with E-state index in [0.29, 0.717) is 4.90 Å². The number of amides is 3. The molecule has 9 heteroatoms. The van der Waals surface area contributed by atoms with E-state index >= 15 is 0 Å². The minimum Gasteiger partial charge on any atom is -0.480 e. The number of imide groups is 1. The van der Waals surface area contributed by atoms with Gasteiger partial charge in [-0.1, -0.05) is 60.7 Å². The molecule has 1 fully saturated rings. The van der Waals surface area contributed by atoms with Crippen molar-refractivity contribution in [3.8, 4) is 0 Å². The molecule has 168 valence electrons. The van der Waals surface area contributed by atoms with Gasteiger partial charge in [0.1, 0.15) is 6.04 Å². The SMILES string of the molecule is C[C@H](N[C@@H](Cc1ccccc1)C(=O)O)C(=O)N1C(=O)N(Cc2ccccc2)C[C@H]1C(=O)O. The molecule has 3 atom stereocenters. The van der Waals surface area contributed by atoms with E-state index in [1.165, 1.54) is 11.8 Å². The van der Waals surface area contributed by atoms with Crippen molar-refractivity contribution in [1.82, 2.24) is 15.1 Å². The summed E-state index contributed by atoms with van der Waals surface area (Å²) in [6, 6.07) is 13.7. The van der Waals surface area contributed by atoms with Gasteiger partial charge in [0.25, 0.3) is 0 Å². The van der Waals surface area contributed by atoms with Gasteiger partial charge in [0.05, 0.1) is 12.6 Å². The minimum atomic E-state index is -1.35. The first-order valence-corrected chi connectivity index (χ1v) is 10.2. The topological polar surface area (TPSA) is 127 Å². The largest absolute Gasteiger partial charge is 0.480 e. The Labute approximate surface area is 185 Å². The van der Waals surface area contributed by atoms with E-state index < -0.39 is 42.0 Å². The molecule has 2 aromatic carbocycles. The molecule has 0 unspecified atom stereocenters. The summed E-state index contributed by atoms with van der Waals surface area (Å²) < 4.78 is 0. The second kappa shape index (κ2) is 10.1. The van der Waals surface area contributed by atoms with Gasteiger partial charge in [0, 0.05) is 6.54 Å². The van der Waals surface area contributed by atoms with Crippen LogP contribution in [-0.4, -0.2) is 68.6 Å². The standard InChI is InChI=1S/C23H25N3O6/c1-15(24-18(21(28)29)12-16-8-4-2-5-9-16)20(27)26-19(22(30)31)14-25(23(26)32)13-17-10-6-3-7-11-17/h2-11,15,18-19,24H,12-14H2,1H3,(H,28,29)(H,30,31)/t15-,18-,19-/m0/s1. The van der Waals surface area contributed by atoms with E-state index in [9.17, 15) is 29.4 Å². The molecule has 3 rings (SSSR count). The maximum Gasteiger partial charge on any atom is 0.328 e. The van der Waals surface area contributed by atoms with Gasteiger partial charge in [-0.15, -0.1) is 0 Å². The van der Waals surface area contributed by atoms with Crippen molar-refractivity contribution < 1.29 is 29.4 Å². The van der Waals surface area contributed by atoms with Crippen molar-refractivity contribution in [2.24, 2.45) is 0 Å². The summed E-state index contributed by atoms with van der Waals surface area (Å²) in [6.07, 6.45) is 0.129. The van der Waals surface area contributed by atoms with Crippen LogP contribution >= 0.6 is 0 Å². The highest BCUT2D eigenvalue weighted by Gasteiger charge is 2.46. The number of nitrogens with zero attached hydrogens (tertiary/aromatic N) is 2. The molecule has 0 aliphatic carbocycles. The van der Waals surface area contributed by atoms with Gasteiger partial charge < -0.3 is 15.1 Å². The molecule has 3 N–H and O–H groups in total. The number of carboxylic acid groups (broad SMARTS) is 2.